The molecule has 0 aliphatic heterocycles. The smallest absolute Gasteiger partial charge is 0.270 e. The summed E-state index contributed by atoms with van der Waals surface area (Å²) in [5, 5.41) is 8.62. The van der Waals surface area contributed by atoms with Crippen molar-refractivity contribution in [3.8, 4) is 5.75 Å². The summed E-state index contributed by atoms with van der Waals surface area (Å²) in [6, 6.07) is 8.14. The maximum atomic E-state index is 12.0. The van der Waals surface area contributed by atoms with Crippen molar-refractivity contribution in [1.82, 2.24) is 10.3 Å². The van der Waals surface area contributed by atoms with Gasteiger partial charge in [-0.25, -0.2) is 4.98 Å². The molecule has 2 rings (SSSR count). The second-order valence-corrected chi connectivity index (χ2v) is 6.05. The molecule has 1 aromatic heterocycles. The number of carbonyl (C=O) groups is 1. The van der Waals surface area contributed by atoms with Crippen LogP contribution in [0.25, 0.3) is 0 Å². The number of aromatic nitrogens is 1. The van der Waals surface area contributed by atoms with Gasteiger partial charge in [0.05, 0.1) is 7.11 Å². The molecule has 0 bridgehead atoms. The Hall–Kier alpha value is -2.08. The Balaban J connectivity index is 1.80. The normalized spacial score (nSPS) is 10.5. The number of anilines is 1. The first-order valence-corrected chi connectivity index (χ1v) is 8.09. The van der Waals surface area contributed by atoms with E-state index in [2.05, 4.69) is 15.6 Å². The molecule has 2 N–H and O–H groups in total. The summed E-state index contributed by atoms with van der Waals surface area (Å²) in [6.07, 6.45) is 0.775. The Labute approximate surface area is 134 Å². The van der Waals surface area contributed by atoms with E-state index in [1.54, 1.807) is 12.5 Å². The molecule has 6 heteroatoms. The van der Waals surface area contributed by atoms with E-state index in [1.807, 2.05) is 38.1 Å². The summed E-state index contributed by atoms with van der Waals surface area (Å²) in [5.41, 5.74) is 1.62. The van der Waals surface area contributed by atoms with Gasteiger partial charge in [-0.1, -0.05) is 12.1 Å². The average molecular weight is 319 g/mol. The quantitative estimate of drug-likeness (QED) is 0.823. The van der Waals surface area contributed by atoms with Gasteiger partial charge in [-0.15, -0.1) is 11.3 Å². The maximum Gasteiger partial charge on any atom is 0.270 e. The van der Waals surface area contributed by atoms with Crippen molar-refractivity contribution >= 4 is 22.4 Å². The van der Waals surface area contributed by atoms with Gasteiger partial charge < -0.3 is 15.4 Å². The molecule has 0 unspecified atom stereocenters. The standard InChI is InChI=1S/C16H21N3O2S/c1-11(2)18-16-19-14(10-22-16)15(20)17-9-8-12-4-6-13(21-3)7-5-12/h4-7,10-11H,8-9H2,1-3H3,(H,17,20)(H,18,19). The second kappa shape index (κ2) is 7.79. The number of benzene rings is 1. The Kier molecular flexibility index (Phi) is 5.77. The van der Waals surface area contributed by atoms with E-state index >= 15 is 0 Å². The van der Waals surface area contributed by atoms with E-state index in [1.165, 1.54) is 11.3 Å². The zero-order valence-electron chi connectivity index (χ0n) is 13.1. The first-order chi connectivity index (χ1) is 10.6. The molecular formula is C16H21N3O2S. The highest BCUT2D eigenvalue weighted by Crippen LogP contribution is 2.16. The number of carbonyl (C=O) groups excluding carboxylic acids is 1. The number of nitrogens with zero attached hydrogens (tertiary/aromatic N) is 1. The van der Waals surface area contributed by atoms with Gasteiger partial charge in [-0.3, -0.25) is 4.79 Å². The van der Waals surface area contributed by atoms with Gasteiger partial charge in [0.1, 0.15) is 11.4 Å². The molecule has 1 amide bonds. The van der Waals surface area contributed by atoms with Crippen LogP contribution in [0.15, 0.2) is 29.6 Å². The van der Waals surface area contributed by atoms with E-state index in [0.717, 1.165) is 22.9 Å². The van der Waals surface area contributed by atoms with Crippen LogP contribution >= 0.6 is 11.3 Å². The first kappa shape index (κ1) is 16.3. The third-order valence-corrected chi connectivity index (χ3v) is 3.78. The third kappa shape index (κ3) is 4.73. The summed E-state index contributed by atoms with van der Waals surface area (Å²) in [5.74, 6) is 0.696. The van der Waals surface area contributed by atoms with Crippen LogP contribution in [0.4, 0.5) is 5.13 Å². The first-order valence-electron chi connectivity index (χ1n) is 7.21. The van der Waals surface area contributed by atoms with Crippen molar-refractivity contribution in [1.29, 1.82) is 0 Å². The summed E-state index contributed by atoms with van der Waals surface area (Å²) >= 11 is 1.44. The van der Waals surface area contributed by atoms with Crippen molar-refractivity contribution in [2.24, 2.45) is 0 Å². The second-order valence-electron chi connectivity index (χ2n) is 5.19. The van der Waals surface area contributed by atoms with E-state index in [4.69, 9.17) is 4.74 Å². The average Bonchev–Trinajstić information content (AvgIpc) is 2.95. The van der Waals surface area contributed by atoms with Crippen LogP contribution in [0.2, 0.25) is 0 Å². The highest BCUT2D eigenvalue weighted by atomic mass is 32.1. The van der Waals surface area contributed by atoms with E-state index in [0.29, 0.717) is 18.3 Å². The Morgan fingerprint density at radius 2 is 2.05 bits per heavy atom. The van der Waals surface area contributed by atoms with Crippen LogP contribution in [-0.4, -0.2) is 30.6 Å². The molecule has 0 fully saturated rings. The monoisotopic (exact) mass is 319 g/mol. The van der Waals surface area contributed by atoms with Crippen LogP contribution in [0.5, 0.6) is 5.75 Å². The van der Waals surface area contributed by atoms with E-state index in [-0.39, 0.29) is 5.91 Å². The fourth-order valence-electron chi connectivity index (χ4n) is 1.89. The molecule has 22 heavy (non-hydrogen) atoms. The lowest BCUT2D eigenvalue weighted by Crippen LogP contribution is -2.26. The molecule has 1 heterocycles. The van der Waals surface area contributed by atoms with Gasteiger partial charge in [0, 0.05) is 18.0 Å². The molecule has 0 spiro atoms. The van der Waals surface area contributed by atoms with Crippen molar-refractivity contribution in [2.45, 2.75) is 26.3 Å². The molecule has 2 aromatic rings. The van der Waals surface area contributed by atoms with Crippen molar-refractivity contribution in [3.05, 3.63) is 40.9 Å². The highest BCUT2D eigenvalue weighted by Gasteiger charge is 2.10. The predicted octanol–water partition coefficient (Wildman–Crippen LogP) is 2.94. The lowest BCUT2D eigenvalue weighted by molar-refractivity contribution is 0.0950. The Bertz CT molecular complexity index is 608. The summed E-state index contributed by atoms with van der Waals surface area (Å²) in [6.45, 7) is 4.65. The molecule has 0 aliphatic rings. The molecule has 0 radical (unpaired) electrons. The molecule has 118 valence electrons. The minimum atomic E-state index is -0.137. The highest BCUT2D eigenvalue weighted by molar-refractivity contribution is 7.13. The van der Waals surface area contributed by atoms with E-state index < -0.39 is 0 Å². The molecule has 0 saturated carbocycles. The fourth-order valence-corrected chi connectivity index (χ4v) is 2.73. The van der Waals surface area contributed by atoms with Gasteiger partial charge in [0.15, 0.2) is 5.13 Å². The SMILES string of the molecule is COc1ccc(CCNC(=O)c2csc(NC(C)C)n2)cc1. The molecule has 0 saturated heterocycles. The van der Waals surface area contributed by atoms with Crippen LogP contribution in [0.1, 0.15) is 29.9 Å². The van der Waals surface area contributed by atoms with Crippen molar-refractivity contribution < 1.29 is 9.53 Å². The molecule has 1 aromatic carbocycles. The van der Waals surface area contributed by atoms with Gasteiger partial charge in [-0.2, -0.15) is 0 Å². The topological polar surface area (TPSA) is 63.2 Å². The largest absolute Gasteiger partial charge is 0.497 e. The zero-order valence-corrected chi connectivity index (χ0v) is 13.9. The number of rotatable bonds is 7. The lowest BCUT2D eigenvalue weighted by atomic mass is 10.1. The minimum absolute atomic E-state index is 0.137. The fraction of sp³-hybridized carbons (Fsp3) is 0.375. The number of ether oxygens (including phenoxy) is 1. The predicted molar refractivity (Wildman–Crippen MR) is 89.9 cm³/mol. The lowest BCUT2D eigenvalue weighted by Gasteiger charge is -2.06. The number of thiazole rings is 1. The summed E-state index contributed by atoms with van der Waals surface area (Å²) in [7, 11) is 1.64. The molecule has 0 atom stereocenters. The van der Waals surface area contributed by atoms with Gasteiger partial charge >= 0.3 is 0 Å². The number of amides is 1. The molecule has 0 aliphatic carbocycles. The third-order valence-electron chi connectivity index (χ3n) is 3.01. The van der Waals surface area contributed by atoms with Gasteiger partial charge in [0.25, 0.3) is 5.91 Å². The maximum absolute atomic E-state index is 12.0. The van der Waals surface area contributed by atoms with E-state index in [9.17, 15) is 4.79 Å². The van der Waals surface area contributed by atoms with Crippen LogP contribution < -0.4 is 15.4 Å². The summed E-state index contributed by atoms with van der Waals surface area (Å²) in [4.78, 5) is 16.3. The van der Waals surface area contributed by atoms with Gasteiger partial charge in [0.2, 0.25) is 0 Å². The van der Waals surface area contributed by atoms with Crippen LogP contribution in [0.3, 0.4) is 0 Å². The van der Waals surface area contributed by atoms with Gasteiger partial charge in [-0.05, 0) is 38.0 Å². The number of nitrogens with one attached hydrogen (secondary N) is 2. The summed E-state index contributed by atoms with van der Waals surface area (Å²) < 4.78 is 5.12. The Morgan fingerprint density at radius 3 is 2.68 bits per heavy atom. The zero-order chi connectivity index (χ0) is 15.9. The van der Waals surface area contributed by atoms with Crippen LogP contribution in [-0.2, 0) is 6.42 Å². The number of hydrogen-bond donors (Lipinski definition) is 2. The van der Waals surface area contributed by atoms with Crippen molar-refractivity contribution in [2.75, 3.05) is 19.0 Å². The van der Waals surface area contributed by atoms with Crippen LogP contribution in [0, 0.1) is 0 Å². The minimum Gasteiger partial charge on any atom is -0.497 e. The Morgan fingerprint density at radius 1 is 1.32 bits per heavy atom. The number of hydrogen-bond acceptors (Lipinski definition) is 5. The number of methoxy groups -OCH3 is 1. The molecular weight excluding hydrogens is 298 g/mol. The molecule has 5 nitrogen and oxygen atoms in total. The van der Waals surface area contributed by atoms with Crippen molar-refractivity contribution in [3.63, 3.8) is 0 Å².